The van der Waals surface area contributed by atoms with Crippen molar-refractivity contribution in [3.05, 3.63) is 58.5 Å². The lowest BCUT2D eigenvalue weighted by Crippen LogP contribution is -2.42. The first kappa shape index (κ1) is 14.1. The van der Waals surface area contributed by atoms with Crippen LogP contribution < -0.4 is 10.9 Å². The highest BCUT2D eigenvalue weighted by atomic mass is 35.5. The number of nitrogens with one attached hydrogen (secondary N) is 2. The van der Waals surface area contributed by atoms with E-state index in [1.54, 1.807) is 31.2 Å². The van der Waals surface area contributed by atoms with E-state index in [1.807, 2.05) is 0 Å². The van der Waals surface area contributed by atoms with E-state index < -0.39 is 5.91 Å². The number of aryl methyl sites for hydroxylation is 1. The molecule has 0 radical (unpaired) electrons. The molecule has 1 aromatic heterocycles. The van der Waals surface area contributed by atoms with Crippen LogP contribution in [0.3, 0.4) is 0 Å². The van der Waals surface area contributed by atoms with Crippen LogP contribution in [0, 0.1) is 6.92 Å². The van der Waals surface area contributed by atoms with E-state index >= 15 is 0 Å². The van der Waals surface area contributed by atoms with Crippen molar-refractivity contribution < 1.29 is 14.0 Å². The van der Waals surface area contributed by atoms with Crippen molar-refractivity contribution >= 4 is 23.4 Å². The zero-order valence-corrected chi connectivity index (χ0v) is 11.5. The van der Waals surface area contributed by atoms with Crippen LogP contribution in [0.2, 0.25) is 5.02 Å². The molecule has 6 heteroatoms. The van der Waals surface area contributed by atoms with E-state index in [0.717, 1.165) is 5.56 Å². The zero-order chi connectivity index (χ0) is 14.5. The molecule has 2 rings (SSSR count). The second kappa shape index (κ2) is 6.25. The topological polar surface area (TPSA) is 71.3 Å². The fraction of sp³-hybridized carbons (Fsp3) is 0.143. The van der Waals surface area contributed by atoms with Gasteiger partial charge < -0.3 is 4.42 Å². The molecule has 2 N–H and O–H groups in total. The van der Waals surface area contributed by atoms with Crippen molar-refractivity contribution in [3.63, 3.8) is 0 Å². The maximum absolute atomic E-state index is 11.7. The van der Waals surface area contributed by atoms with Gasteiger partial charge in [0.2, 0.25) is 5.91 Å². The van der Waals surface area contributed by atoms with Gasteiger partial charge in [-0.05, 0) is 30.7 Å². The Balaban J connectivity index is 1.85. The fourth-order valence-corrected chi connectivity index (χ4v) is 1.77. The van der Waals surface area contributed by atoms with Crippen LogP contribution in [0.1, 0.15) is 21.7 Å². The number of carbonyl (C=O) groups is 2. The van der Waals surface area contributed by atoms with E-state index in [1.165, 1.54) is 12.3 Å². The lowest BCUT2D eigenvalue weighted by Gasteiger charge is -2.07. The molecule has 1 aromatic carbocycles. The summed E-state index contributed by atoms with van der Waals surface area (Å²) in [6, 6.07) is 8.46. The van der Waals surface area contributed by atoms with Crippen LogP contribution in [-0.2, 0) is 11.2 Å². The molecule has 104 valence electrons. The molecule has 0 spiro atoms. The molecular weight excluding hydrogens is 280 g/mol. The summed E-state index contributed by atoms with van der Waals surface area (Å²) in [5.74, 6) is -0.239. The smallest absolute Gasteiger partial charge is 0.273 e. The van der Waals surface area contributed by atoms with E-state index in [-0.39, 0.29) is 12.3 Å². The van der Waals surface area contributed by atoms with Crippen LogP contribution in [0.15, 0.2) is 41.0 Å². The molecular formula is C14H13ClN2O3. The number of rotatable bonds is 3. The van der Waals surface area contributed by atoms with Crippen molar-refractivity contribution in [2.45, 2.75) is 13.3 Å². The van der Waals surface area contributed by atoms with Gasteiger partial charge in [-0.15, -0.1) is 0 Å². The third kappa shape index (κ3) is 3.61. The van der Waals surface area contributed by atoms with E-state index in [2.05, 4.69) is 10.9 Å². The summed E-state index contributed by atoms with van der Waals surface area (Å²) in [5.41, 5.74) is 5.87. The lowest BCUT2D eigenvalue weighted by molar-refractivity contribution is -0.121. The quantitative estimate of drug-likeness (QED) is 0.852. The minimum atomic E-state index is -0.416. The van der Waals surface area contributed by atoms with Crippen LogP contribution >= 0.6 is 11.6 Å². The predicted molar refractivity (Wildman–Crippen MR) is 74.2 cm³/mol. The first-order chi connectivity index (χ1) is 9.56. The highest BCUT2D eigenvalue weighted by molar-refractivity contribution is 6.30. The molecule has 0 unspecified atom stereocenters. The monoisotopic (exact) mass is 292 g/mol. The number of halogens is 1. The first-order valence-electron chi connectivity index (χ1n) is 5.94. The van der Waals surface area contributed by atoms with Gasteiger partial charge in [0.25, 0.3) is 5.91 Å². The fourth-order valence-electron chi connectivity index (χ4n) is 1.65. The minimum absolute atomic E-state index is 0.155. The molecule has 2 aromatic rings. The molecule has 1 heterocycles. The van der Waals surface area contributed by atoms with E-state index in [9.17, 15) is 9.59 Å². The Morgan fingerprint density at radius 3 is 2.45 bits per heavy atom. The number of furan rings is 1. The molecule has 5 nitrogen and oxygen atoms in total. The molecule has 0 fully saturated rings. The van der Waals surface area contributed by atoms with E-state index in [4.69, 9.17) is 16.0 Å². The van der Waals surface area contributed by atoms with Crippen molar-refractivity contribution in [2.24, 2.45) is 0 Å². The number of amides is 2. The molecule has 0 aliphatic rings. The molecule has 0 bridgehead atoms. The maximum atomic E-state index is 11.7. The molecule has 0 saturated carbocycles. The van der Waals surface area contributed by atoms with Gasteiger partial charge in [0, 0.05) is 5.02 Å². The van der Waals surface area contributed by atoms with Crippen molar-refractivity contribution in [3.8, 4) is 0 Å². The average molecular weight is 293 g/mol. The van der Waals surface area contributed by atoms with Crippen molar-refractivity contribution in [1.29, 1.82) is 0 Å². The zero-order valence-electron chi connectivity index (χ0n) is 10.8. The molecule has 2 amide bonds. The first-order valence-corrected chi connectivity index (χ1v) is 6.32. The minimum Gasteiger partial charge on any atom is -0.469 e. The van der Waals surface area contributed by atoms with Crippen LogP contribution in [-0.4, -0.2) is 11.8 Å². The van der Waals surface area contributed by atoms with Crippen LogP contribution in [0.4, 0.5) is 0 Å². The Kier molecular flexibility index (Phi) is 4.42. The number of hydrogen-bond donors (Lipinski definition) is 2. The number of carbonyl (C=O) groups excluding carboxylic acids is 2. The number of benzene rings is 1. The van der Waals surface area contributed by atoms with Gasteiger partial charge in [0.05, 0.1) is 18.2 Å². The summed E-state index contributed by atoms with van der Waals surface area (Å²) in [5, 5.41) is 0.609. The van der Waals surface area contributed by atoms with Gasteiger partial charge in [0.15, 0.2) is 0 Å². The van der Waals surface area contributed by atoms with Gasteiger partial charge >= 0.3 is 0 Å². The van der Waals surface area contributed by atoms with Gasteiger partial charge in [-0.1, -0.05) is 23.7 Å². The van der Waals surface area contributed by atoms with Crippen molar-refractivity contribution in [2.75, 3.05) is 0 Å². The third-order valence-corrected chi connectivity index (χ3v) is 2.95. The average Bonchev–Trinajstić information content (AvgIpc) is 2.85. The van der Waals surface area contributed by atoms with Crippen LogP contribution in [0.5, 0.6) is 0 Å². The Bertz CT molecular complexity index is 620. The molecule has 0 saturated heterocycles. The predicted octanol–water partition coefficient (Wildman–Crippen LogP) is 2.25. The number of hydrogen-bond acceptors (Lipinski definition) is 3. The Morgan fingerprint density at radius 2 is 1.85 bits per heavy atom. The third-order valence-electron chi connectivity index (χ3n) is 2.70. The number of hydrazine groups is 1. The van der Waals surface area contributed by atoms with E-state index in [0.29, 0.717) is 16.3 Å². The van der Waals surface area contributed by atoms with Gasteiger partial charge in [-0.2, -0.15) is 0 Å². The highest BCUT2D eigenvalue weighted by Crippen LogP contribution is 2.10. The standard InChI is InChI=1S/C14H13ClN2O3/c1-9-12(6-7-20-9)14(19)17-16-13(18)8-10-2-4-11(15)5-3-10/h2-7H,8H2,1H3,(H,16,18)(H,17,19). The lowest BCUT2D eigenvalue weighted by atomic mass is 10.1. The molecule has 0 atom stereocenters. The summed E-state index contributed by atoms with van der Waals surface area (Å²) < 4.78 is 5.01. The normalized spacial score (nSPS) is 10.1. The Morgan fingerprint density at radius 1 is 1.15 bits per heavy atom. The van der Waals surface area contributed by atoms with Crippen LogP contribution in [0.25, 0.3) is 0 Å². The second-order valence-corrected chi connectivity index (χ2v) is 4.63. The summed E-state index contributed by atoms with van der Waals surface area (Å²) in [6.45, 7) is 1.67. The Hall–Kier alpha value is -2.27. The summed E-state index contributed by atoms with van der Waals surface area (Å²) in [6.07, 6.45) is 1.57. The summed E-state index contributed by atoms with van der Waals surface area (Å²) in [4.78, 5) is 23.4. The second-order valence-electron chi connectivity index (χ2n) is 4.20. The molecule has 0 aliphatic heterocycles. The Labute approximate surface area is 120 Å². The summed E-state index contributed by atoms with van der Waals surface area (Å²) >= 11 is 5.76. The van der Waals surface area contributed by atoms with Crippen molar-refractivity contribution in [1.82, 2.24) is 10.9 Å². The van der Waals surface area contributed by atoms with Gasteiger partial charge in [0.1, 0.15) is 5.76 Å². The summed E-state index contributed by atoms with van der Waals surface area (Å²) in [7, 11) is 0. The highest BCUT2D eigenvalue weighted by Gasteiger charge is 2.12. The molecule has 20 heavy (non-hydrogen) atoms. The largest absolute Gasteiger partial charge is 0.469 e. The molecule has 0 aliphatic carbocycles. The SMILES string of the molecule is Cc1occc1C(=O)NNC(=O)Cc1ccc(Cl)cc1. The maximum Gasteiger partial charge on any atom is 0.273 e. The van der Waals surface area contributed by atoms with Gasteiger partial charge in [-0.25, -0.2) is 0 Å². The van der Waals surface area contributed by atoms with Gasteiger partial charge in [-0.3, -0.25) is 20.4 Å².